The Hall–Kier alpha value is -3.12. The van der Waals surface area contributed by atoms with Gasteiger partial charge >= 0.3 is 24.7 Å². The summed E-state index contributed by atoms with van der Waals surface area (Å²) in [5.41, 5.74) is 0. The Balaban J connectivity index is -0.000000139. The molecule has 0 aliphatic heterocycles. The molecule has 0 fully saturated rings. The monoisotopic (exact) mass is 706 g/mol. The van der Waals surface area contributed by atoms with E-state index >= 15 is 0 Å². The van der Waals surface area contributed by atoms with E-state index in [2.05, 4.69) is 0 Å². The van der Waals surface area contributed by atoms with Gasteiger partial charge in [0.15, 0.2) is 0 Å². The zero-order valence-electron chi connectivity index (χ0n) is 20.8. The van der Waals surface area contributed by atoms with Crippen LogP contribution in [0.2, 0.25) is 0 Å². The number of carbonyl (C=O) groups is 4. The van der Waals surface area contributed by atoms with E-state index in [1.807, 2.05) is 0 Å². The summed E-state index contributed by atoms with van der Waals surface area (Å²) in [6.07, 6.45) is -19.0. The largest absolute Gasteiger partial charge is 0.512 e. The molecule has 4 N–H and O–H groups in total. The number of hydrogen-bond donors (Lipinski definition) is 4. The number of allylic oxidation sites excluding steroid dienone is 8. The van der Waals surface area contributed by atoms with Gasteiger partial charge in [0, 0.05) is 50.5 Å². The third-order valence-corrected chi connectivity index (χ3v) is 2.48. The zero-order valence-corrected chi connectivity index (χ0v) is 23.2. The van der Waals surface area contributed by atoms with Gasteiger partial charge in [-0.1, -0.05) is 0 Å². The van der Waals surface area contributed by atoms with Crippen LogP contribution in [0.5, 0.6) is 0 Å². The smallest absolute Gasteiger partial charge is 0.454 e. The van der Waals surface area contributed by atoms with Crippen LogP contribution in [0, 0.1) is 0 Å². The van der Waals surface area contributed by atoms with E-state index in [1.54, 1.807) is 0 Å². The van der Waals surface area contributed by atoms with Crippen molar-refractivity contribution in [3.8, 4) is 0 Å². The summed E-state index contributed by atoms with van der Waals surface area (Å²) in [4.78, 5) is 39.7. The molecule has 0 aromatic heterocycles. The number of rotatable bonds is 4. The summed E-state index contributed by atoms with van der Waals surface area (Å²) in [5, 5.41) is 32.9. The first-order valence-corrected chi connectivity index (χ1v) is 9.29. The molecule has 0 bridgehead atoms. The number of halogens is 12. The quantitative estimate of drug-likeness (QED) is 0.151. The normalized spacial score (nSPS) is 13.1. The fourth-order valence-electron chi connectivity index (χ4n) is 1.09. The Kier molecular flexibility index (Phi) is 23.1. The molecule has 0 atom stereocenters. The van der Waals surface area contributed by atoms with Crippen LogP contribution in [0.25, 0.3) is 0 Å². The minimum absolute atomic E-state index is 0. The first-order valence-electron chi connectivity index (χ1n) is 9.29. The van der Waals surface area contributed by atoms with Crippen molar-refractivity contribution in [1.82, 2.24) is 0 Å². The van der Waals surface area contributed by atoms with Crippen molar-refractivity contribution in [3.05, 3.63) is 47.3 Å². The predicted molar refractivity (Wildman–Crippen MR) is 110 cm³/mol. The second-order valence-corrected chi connectivity index (χ2v) is 6.59. The first-order chi connectivity index (χ1) is 17.3. The maximum absolute atomic E-state index is 11.3. The number of aliphatic hydroxyl groups is 4. The van der Waals surface area contributed by atoms with Crippen LogP contribution in [0.4, 0.5) is 52.7 Å². The summed E-state index contributed by atoms with van der Waals surface area (Å²) in [6, 6.07) is 0. The average Bonchev–Trinajstić information content (AvgIpc) is 2.64. The molecule has 41 heavy (non-hydrogen) atoms. The molecule has 0 saturated carbocycles. The van der Waals surface area contributed by atoms with Crippen LogP contribution in [-0.2, 0) is 45.4 Å². The van der Waals surface area contributed by atoms with Gasteiger partial charge in [-0.15, -0.1) is 0 Å². The number of aliphatic hydroxyl groups excluding tert-OH is 4. The van der Waals surface area contributed by atoms with Gasteiger partial charge in [-0.3, -0.25) is 19.2 Å². The van der Waals surface area contributed by atoms with Crippen molar-refractivity contribution in [2.24, 2.45) is 0 Å². The first kappa shape index (κ1) is 47.7. The van der Waals surface area contributed by atoms with Gasteiger partial charge in [0.25, 0.3) is 23.1 Å². The van der Waals surface area contributed by atoms with E-state index in [0.29, 0.717) is 0 Å². The fraction of sp³-hybridized carbons (Fsp3) is 0.400. The molecule has 0 amide bonds. The predicted octanol–water partition coefficient (Wildman–Crippen LogP) is 6.32. The van der Waals surface area contributed by atoms with Crippen molar-refractivity contribution in [2.75, 3.05) is 0 Å². The standard InChI is InChI=1S/4C5H5F3O2.Zr/c4*1-3(9)2-4(10)5(6,7)8;/h4*2,9H,1H3;/b3-2+;3*3-2-;. The summed E-state index contributed by atoms with van der Waals surface area (Å²) >= 11 is 0. The van der Waals surface area contributed by atoms with Crippen molar-refractivity contribution in [2.45, 2.75) is 52.4 Å². The zero-order chi connectivity index (χ0) is 33.4. The van der Waals surface area contributed by atoms with Gasteiger partial charge in [0.05, 0.1) is 23.0 Å². The van der Waals surface area contributed by atoms with Gasteiger partial charge in [-0.05, 0) is 27.7 Å². The summed E-state index contributed by atoms with van der Waals surface area (Å²) in [6.45, 7) is 3.96. The SMILES string of the molecule is C/C(O)=C/C(=O)C(F)(F)F.C/C(O)=C/C(=O)C(F)(F)F.C/C(O)=C/C(=O)C(F)(F)F.C/C(O)=C\C(=O)C(F)(F)F.[Zr]. The molecule has 0 radical (unpaired) electrons. The van der Waals surface area contributed by atoms with Crippen LogP contribution in [0.15, 0.2) is 47.3 Å². The Labute approximate surface area is 241 Å². The van der Waals surface area contributed by atoms with Crippen LogP contribution in [-0.4, -0.2) is 68.3 Å². The molecule has 0 spiro atoms. The Morgan fingerprint density at radius 1 is 0.390 bits per heavy atom. The van der Waals surface area contributed by atoms with E-state index in [9.17, 15) is 71.9 Å². The summed E-state index contributed by atoms with van der Waals surface area (Å²) in [5.74, 6) is -10.8. The molecule has 0 saturated heterocycles. The van der Waals surface area contributed by atoms with Crippen molar-refractivity contribution in [1.29, 1.82) is 0 Å². The number of hydrogen-bond acceptors (Lipinski definition) is 8. The maximum Gasteiger partial charge on any atom is 0.454 e. The summed E-state index contributed by atoms with van der Waals surface area (Å²) in [7, 11) is 0. The Morgan fingerprint density at radius 3 is 0.512 bits per heavy atom. The van der Waals surface area contributed by atoms with E-state index in [1.165, 1.54) is 0 Å². The van der Waals surface area contributed by atoms with Gasteiger partial charge in [-0.25, -0.2) is 0 Å². The van der Waals surface area contributed by atoms with Gasteiger partial charge < -0.3 is 20.4 Å². The summed E-state index contributed by atoms with van der Waals surface area (Å²) < 4.78 is 136. The Bertz CT molecular complexity index is 824. The molecule has 0 unspecified atom stereocenters. The Morgan fingerprint density at radius 2 is 0.488 bits per heavy atom. The molecule has 0 aromatic carbocycles. The fourth-order valence-corrected chi connectivity index (χ4v) is 1.09. The molecule has 8 nitrogen and oxygen atoms in total. The molecule has 236 valence electrons. The third-order valence-electron chi connectivity index (χ3n) is 2.48. The maximum atomic E-state index is 11.3. The van der Waals surface area contributed by atoms with Crippen molar-refractivity contribution >= 4 is 23.1 Å². The molecule has 0 rings (SSSR count). The minimum Gasteiger partial charge on any atom is -0.512 e. The number of carbonyl (C=O) groups excluding carboxylic acids is 4. The number of alkyl halides is 12. The molecule has 0 heterocycles. The average molecular weight is 708 g/mol. The number of ketones is 4. The van der Waals surface area contributed by atoms with E-state index < -0.39 is 70.9 Å². The second kappa shape index (κ2) is 19.9. The molecular weight excluding hydrogens is 687 g/mol. The molecular formula is C20H20F12O8Zr. The molecule has 0 aliphatic carbocycles. The van der Waals surface area contributed by atoms with Crippen LogP contribution in [0.1, 0.15) is 27.7 Å². The van der Waals surface area contributed by atoms with Gasteiger partial charge in [-0.2, -0.15) is 52.7 Å². The van der Waals surface area contributed by atoms with Crippen molar-refractivity contribution < 1.29 is 118 Å². The van der Waals surface area contributed by atoms with Gasteiger partial charge in [0.1, 0.15) is 0 Å². The minimum atomic E-state index is -4.88. The molecule has 0 aromatic rings. The van der Waals surface area contributed by atoms with E-state index in [0.717, 1.165) is 27.7 Å². The van der Waals surface area contributed by atoms with E-state index in [-0.39, 0.29) is 50.5 Å². The molecule has 0 aliphatic rings. The van der Waals surface area contributed by atoms with Crippen LogP contribution in [0.3, 0.4) is 0 Å². The van der Waals surface area contributed by atoms with Crippen molar-refractivity contribution in [3.63, 3.8) is 0 Å². The molecule has 21 heteroatoms. The van der Waals surface area contributed by atoms with Gasteiger partial charge in [0.2, 0.25) is 0 Å². The van der Waals surface area contributed by atoms with Crippen LogP contribution < -0.4 is 0 Å². The third kappa shape index (κ3) is 33.0. The van der Waals surface area contributed by atoms with Crippen LogP contribution >= 0.6 is 0 Å². The second-order valence-electron chi connectivity index (χ2n) is 6.59. The van der Waals surface area contributed by atoms with E-state index in [4.69, 9.17) is 20.4 Å². The topological polar surface area (TPSA) is 149 Å².